The molecule has 0 saturated carbocycles. The standard InChI is InChI=1S/C68H42/c1-3-15-43(16-4-1)57-21-9-11-23-59(57)67-61-25-13-14-26-62(61)68(60-24-12-10-22-58(60)44-17-5-2-6-18-44)66-42-55-35-48(28-30-50(55)40-65(66)67)47-27-29-49-36-56-41-64-52(37-54(56)38-53(49)34-47)32-31-51-33-45-19-7-8-20-46(45)39-63(51)64/h1-42H. The summed E-state index contributed by atoms with van der Waals surface area (Å²) in [5.41, 5.74) is 12.3. The molecular weight excluding hydrogens is 817 g/mol. The zero-order valence-electron chi connectivity index (χ0n) is 37.2. The van der Waals surface area contributed by atoms with Crippen LogP contribution in [0.4, 0.5) is 0 Å². The molecule has 0 aliphatic rings. The number of rotatable bonds is 5. The minimum atomic E-state index is 1.21. The maximum Gasteiger partial charge on any atom is -0.00199 e. The Morgan fingerprint density at radius 3 is 1.04 bits per heavy atom. The summed E-state index contributed by atoms with van der Waals surface area (Å²) < 4.78 is 0. The molecule has 0 aromatic heterocycles. The van der Waals surface area contributed by atoms with Gasteiger partial charge in [0.1, 0.15) is 0 Å². The van der Waals surface area contributed by atoms with E-state index in [1.807, 2.05) is 0 Å². The summed E-state index contributed by atoms with van der Waals surface area (Å²) in [7, 11) is 0. The maximum atomic E-state index is 2.47. The van der Waals surface area contributed by atoms with Gasteiger partial charge < -0.3 is 0 Å². The van der Waals surface area contributed by atoms with E-state index in [9.17, 15) is 0 Å². The summed E-state index contributed by atoms with van der Waals surface area (Å²) in [5.74, 6) is 0. The summed E-state index contributed by atoms with van der Waals surface area (Å²) in [6, 6.07) is 94.9. The molecule has 68 heavy (non-hydrogen) atoms. The number of hydrogen-bond donors (Lipinski definition) is 0. The molecule has 314 valence electrons. The van der Waals surface area contributed by atoms with Crippen LogP contribution in [0, 0.1) is 0 Å². The third kappa shape index (κ3) is 6.23. The van der Waals surface area contributed by atoms with Crippen LogP contribution in [0.15, 0.2) is 255 Å². The van der Waals surface area contributed by atoms with E-state index in [0.717, 1.165) is 0 Å². The second kappa shape index (κ2) is 15.4. The molecule has 0 heterocycles. The van der Waals surface area contributed by atoms with Crippen molar-refractivity contribution in [3.63, 3.8) is 0 Å². The van der Waals surface area contributed by atoms with Gasteiger partial charge in [0.2, 0.25) is 0 Å². The van der Waals surface area contributed by atoms with Crippen LogP contribution in [0.3, 0.4) is 0 Å². The molecule has 0 amide bonds. The summed E-state index contributed by atoms with van der Waals surface area (Å²) in [6.07, 6.45) is 0. The fourth-order valence-electron chi connectivity index (χ4n) is 11.2. The molecule has 0 unspecified atom stereocenters. The third-order valence-electron chi connectivity index (χ3n) is 14.5. The van der Waals surface area contributed by atoms with Gasteiger partial charge >= 0.3 is 0 Å². The van der Waals surface area contributed by atoms with Gasteiger partial charge in [-0.15, -0.1) is 0 Å². The van der Waals surface area contributed by atoms with E-state index >= 15 is 0 Å². The van der Waals surface area contributed by atoms with E-state index in [-0.39, 0.29) is 0 Å². The minimum Gasteiger partial charge on any atom is -0.0622 e. The van der Waals surface area contributed by atoms with Crippen LogP contribution in [0.5, 0.6) is 0 Å². The summed E-state index contributed by atoms with van der Waals surface area (Å²) in [4.78, 5) is 0. The fraction of sp³-hybridized carbons (Fsp3) is 0. The van der Waals surface area contributed by atoms with Gasteiger partial charge in [-0.05, 0) is 202 Å². The highest BCUT2D eigenvalue weighted by Crippen LogP contribution is 2.49. The topological polar surface area (TPSA) is 0 Å². The predicted molar refractivity (Wildman–Crippen MR) is 294 cm³/mol. The van der Waals surface area contributed by atoms with Gasteiger partial charge in [-0.1, -0.05) is 194 Å². The van der Waals surface area contributed by atoms with Crippen molar-refractivity contribution in [1.29, 1.82) is 0 Å². The summed E-state index contributed by atoms with van der Waals surface area (Å²) in [6.45, 7) is 0. The maximum absolute atomic E-state index is 2.47. The molecular formula is C68H42. The lowest BCUT2D eigenvalue weighted by Crippen LogP contribution is -1.94. The average molecular weight is 859 g/mol. The van der Waals surface area contributed by atoms with E-state index in [1.165, 1.54) is 142 Å². The monoisotopic (exact) mass is 858 g/mol. The van der Waals surface area contributed by atoms with Crippen LogP contribution in [0.2, 0.25) is 0 Å². The predicted octanol–water partition coefficient (Wildman–Crippen LogP) is 19.2. The zero-order valence-corrected chi connectivity index (χ0v) is 37.2. The van der Waals surface area contributed by atoms with Crippen molar-refractivity contribution in [2.75, 3.05) is 0 Å². The van der Waals surface area contributed by atoms with Crippen LogP contribution in [-0.2, 0) is 0 Å². The molecule has 0 saturated heterocycles. The second-order valence-electron chi connectivity index (χ2n) is 18.4. The Kier molecular flexibility index (Phi) is 8.69. The van der Waals surface area contributed by atoms with Crippen molar-refractivity contribution in [1.82, 2.24) is 0 Å². The largest absolute Gasteiger partial charge is 0.0622 e. The third-order valence-corrected chi connectivity index (χ3v) is 14.5. The van der Waals surface area contributed by atoms with Gasteiger partial charge in [0.25, 0.3) is 0 Å². The van der Waals surface area contributed by atoms with Crippen molar-refractivity contribution < 1.29 is 0 Å². The van der Waals surface area contributed by atoms with Gasteiger partial charge in [0.15, 0.2) is 0 Å². The number of fused-ring (bicyclic) bond motifs is 9. The van der Waals surface area contributed by atoms with Crippen LogP contribution < -0.4 is 0 Å². The molecule has 0 atom stereocenters. The SMILES string of the molecule is c1ccc(-c2ccccc2-c2c3ccccc3c(-c3ccccc3-c3ccccc3)c3cc4cc(-c5ccc6cc7cc8c(ccc9cc%10ccccc%10cc98)cc7cc6c5)ccc4cc23)cc1. The molecule has 0 aliphatic heterocycles. The molecule has 0 radical (unpaired) electrons. The van der Waals surface area contributed by atoms with Crippen molar-refractivity contribution in [2.24, 2.45) is 0 Å². The van der Waals surface area contributed by atoms with Gasteiger partial charge in [-0.2, -0.15) is 0 Å². The average Bonchev–Trinajstić information content (AvgIpc) is 3.40. The molecule has 0 spiro atoms. The first-order valence-electron chi connectivity index (χ1n) is 23.6. The Bertz CT molecular complexity index is 4350. The van der Waals surface area contributed by atoms with Crippen LogP contribution in [0.1, 0.15) is 0 Å². The van der Waals surface area contributed by atoms with Gasteiger partial charge in [0.05, 0.1) is 0 Å². The highest BCUT2D eigenvalue weighted by Gasteiger charge is 2.21. The Balaban J connectivity index is 0.971. The van der Waals surface area contributed by atoms with Gasteiger partial charge in [-0.3, -0.25) is 0 Å². The smallest absolute Gasteiger partial charge is 0.00199 e. The molecule has 0 heteroatoms. The van der Waals surface area contributed by atoms with Crippen molar-refractivity contribution >= 4 is 86.2 Å². The molecule has 0 nitrogen and oxygen atoms in total. The second-order valence-corrected chi connectivity index (χ2v) is 18.4. The molecule has 0 N–H and O–H groups in total. The molecule has 14 aromatic rings. The molecule has 14 aromatic carbocycles. The highest BCUT2D eigenvalue weighted by atomic mass is 14.2. The van der Waals surface area contributed by atoms with Crippen LogP contribution in [0.25, 0.3) is 142 Å². The normalized spacial score (nSPS) is 11.8. The number of benzene rings is 14. The van der Waals surface area contributed by atoms with Crippen molar-refractivity contribution in [3.8, 4) is 55.6 Å². The van der Waals surface area contributed by atoms with Crippen LogP contribution in [-0.4, -0.2) is 0 Å². The molecule has 0 bridgehead atoms. The first-order valence-corrected chi connectivity index (χ1v) is 23.6. The van der Waals surface area contributed by atoms with Crippen LogP contribution >= 0.6 is 0 Å². The molecule has 14 rings (SSSR count). The number of hydrogen-bond acceptors (Lipinski definition) is 0. The first-order chi connectivity index (χ1) is 33.7. The van der Waals surface area contributed by atoms with E-state index in [0.29, 0.717) is 0 Å². The lowest BCUT2D eigenvalue weighted by atomic mass is 9.81. The highest BCUT2D eigenvalue weighted by molar-refractivity contribution is 6.25. The van der Waals surface area contributed by atoms with Gasteiger partial charge in [-0.25, -0.2) is 0 Å². The Morgan fingerprint density at radius 2 is 0.471 bits per heavy atom. The lowest BCUT2D eigenvalue weighted by Gasteiger charge is -2.22. The summed E-state index contributed by atoms with van der Waals surface area (Å²) >= 11 is 0. The van der Waals surface area contributed by atoms with E-state index in [2.05, 4.69) is 255 Å². The van der Waals surface area contributed by atoms with E-state index < -0.39 is 0 Å². The minimum absolute atomic E-state index is 1.21. The quantitative estimate of drug-likeness (QED) is 0.119. The first kappa shape index (κ1) is 38.4. The molecule has 0 aliphatic carbocycles. The Hall–Kier alpha value is -8.84. The zero-order chi connectivity index (χ0) is 44.7. The van der Waals surface area contributed by atoms with Crippen molar-refractivity contribution in [2.45, 2.75) is 0 Å². The fourth-order valence-corrected chi connectivity index (χ4v) is 11.2. The van der Waals surface area contributed by atoms with Gasteiger partial charge in [0, 0.05) is 0 Å². The van der Waals surface area contributed by atoms with E-state index in [4.69, 9.17) is 0 Å². The van der Waals surface area contributed by atoms with E-state index in [1.54, 1.807) is 0 Å². The Morgan fingerprint density at radius 1 is 0.147 bits per heavy atom. The lowest BCUT2D eigenvalue weighted by molar-refractivity contribution is 1.60. The molecule has 0 fully saturated rings. The Labute approximate surface area is 394 Å². The van der Waals surface area contributed by atoms with Crippen molar-refractivity contribution in [3.05, 3.63) is 255 Å². The summed E-state index contributed by atoms with van der Waals surface area (Å²) in [5, 5.41) is 20.1.